The van der Waals surface area contributed by atoms with E-state index in [4.69, 9.17) is 4.98 Å². The van der Waals surface area contributed by atoms with Gasteiger partial charge in [0.2, 0.25) is 0 Å². The fourth-order valence-corrected chi connectivity index (χ4v) is 6.64. The molecule has 6 heteroatoms. The molecule has 1 unspecified atom stereocenters. The minimum atomic E-state index is -2.82. The summed E-state index contributed by atoms with van der Waals surface area (Å²) in [7, 11) is -2.82. The Labute approximate surface area is 128 Å². The van der Waals surface area contributed by atoms with Crippen LogP contribution in [0.2, 0.25) is 0 Å². The molecule has 1 N–H and O–H groups in total. The number of nitrogens with one attached hydrogen (secondary N) is 1. The lowest BCUT2D eigenvalue weighted by molar-refractivity contribution is 0.0924. The van der Waals surface area contributed by atoms with Gasteiger partial charge in [0, 0.05) is 24.9 Å². The molecular weight excluding hydrogens is 304 g/mol. The number of thiazole rings is 1. The van der Waals surface area contributed by atoms with Gasteiger partial charge in [0.15, 0.2) is 9.84 Å². The Bertz CT molecular complexity index is 745. The number of aromatic nitrogens is 1. The second-order valence-electron chi connectivity index (χ2n) is 6.32. The Balaban J connectivity index is 1.61. The van der Waals surface area contributed by atoms with E-state index in [9.17, 15) is 8.42 Å². The maximum atomic E-state index is 11.8. The van der Waals surface area contributed by atoms with E-state index in [0.29, 0.717) is 11.5 Å². The summed E-state index contributed by atoms with van der Waals surface area (Å²) in [5.74, 6) is 1.01. The van der Waals surface area contributed by atoms with Crippen LogP contribution in [-0.4, -0.2) is 38.0 Å². The molecule has 1 aromatic heterocycles. The number of sulfone groups is 1. The average Bonchev–Trinajstić information content (AvgIpc) is 2.96. The summed E-state index contributed by atoms with van der Waals surface area (Å²) in [4.78, 5) is 4.73. The first-order chi connectivity index (χ1) is 10.1. The van der Waals surface area contributed by atoms with Crippen LogP contribution in [0.4, 0.5) is 0 Å². The van der Waals surface area contributed by atoms with Crippen molar-refractivity contribution in [2.24, 2.45) is 11.3 Å². The van der Waals surface area contributed by atoms with Crippen molar-refractivity contribution in [1.82, 2.24) is 10.3 Å². The zero-order chi connectivity index (χ0) is 14.5. The molecule has 2 saturated heterocycles. The molecule has 0 saturated carbocycles. The van der Waals surface area contributed by atoms with Gasteiger partial charge in [-0.2, -0.15) is 0 Å². The van der Waals surface area contributed by atoms with Crippen LogP contribution >= 0.6 is 11.3 Å². The number of nitrogens with zero attached hydrogens (tertiary/aromatic N) is 1. The second kappa shape index (κ2) is 4.76. The highest BCUT2D eigenvalue weighted by molar-refractivity contribution is 7.91. The van der Waals surface area contributed by atoms with Gasteiger partial charge >= 0.3 is 0 Å². The number of fused-ring (bicyclic) bond motifs is 1. The van der Waals surface area contributed by atoms with E-state index in [0.717, 1.165) is 36.5 Å². The Hall–Kier alpha value is -0.980. The molecule has 4 nitrogen and oxygen atoms in total. The van der Waals surface area contributed by atoms with Gasteiger partial charge in [-0.15, -0.1) is 11.3 Å². The molecule has 2 fully saturated rings. The normalized spacial score (nSPS) is 26.8. The smallest absolute Gasteiger partial charge is 0.150 e. The van der Waals surface area contributed by atoms with Gasteiger partial charge in [-0.3, -0.25) is 0 Å². The van der Waals surface area contributed by atoms with Gasteiger partial charge in [0.25, 0.3) is 0 Å². The molecule has 1 atom stereocenters. The van der Waals surface area contributed by atoms with E-state index in [1.54, 1.807) is 11.3 Å². The minimum Gasteiger partial charge on any atom is -0.315 e. The molecule has 21 heavy (non-hydrogen) atoms. The van der Waals surface area contributed by atoms with Crippen molar-refractivity contribution in [3.05, 3.63) is 29.3 Å². The molecule has 0 aliphatic carbocycles. The van der Waals surface area contributed by atoms with Crippen LogP contribution in [0.25, 0.3) is 10.2 Å². The number of rotatable bonds is 3. The fourth-order valence-electron chi connectivity index (χ4n) is 3.58. The summed E-state index contributed by atoms with van der Waals surface area (Å²) in [5.41, 5.74) is 1.15. The van der Waals surface area contributed by atoms with Crippen molar-refractivity contribution in [1.29, 1.82) is 0 Å². The lowest BCUT2D eigenvalue weighted by Gasteiger charge is -2.46. The van der Waals surface area contributed by atoms with Crippen molar-refractivity contribution < 1.29 is 8.42 Å². The van der Waals surface area contributed by atoms with E-state index in [-0.39, 0.29) is 11.3 Å². The van der Waals surface area contributed by atoms with E-state index in [1.165, 1.54) is 4.70 Å². The van der Waals surface area contributed by atoms with Gasteiger partial charge in [-0.25, -0.2) is 13.4 Å². The quantitative estimate of drug-likeness (QED) is 0.937. The Morgan fingerprint density at radius 1 is 1.33 bits per heavy atom. The number of hydrogen-bond acceptors (Lipinski definition) is 5. The molecule has 112 valence electrons. The van der Waals surface area contributed by atoms with Crippen LogP contribution in [-0.2, 0) is 16.3 Å². The monoisotopic (exact) mass is 322 g/mol. The zero-order valence-corrected chi connectivity index (χ0v) is 13.3. The van der Waals surface area contributed by atoms with Crippen LogP contribution in [0.5, 0.6) is 0 Å². The Morgan fingerprint density at radius 3 is 2.76 bits per heavy atom. The maximum absolute atomic E-state index is 11.8. The van der Waals surface area contributed by atoms with E-state index in [2.05, 4.69) is 11.4 Å². The van der Waals surface area contributed by atoms with Crippen LogP contribution in [0.1, 0.15) is 11.4 Å². The third-order valence-corrected chi connectivity index (χ3v) is 7.70. The summed E-state index contributed by atoms with van der Waals surface area (Å²) in [6.07, 6.45) is 1.72. The van der Waals surface area contributed by atoms with Gasteiger partial charge in [-0.05, 0) is 24.5 Å². The maximum Gasteiger partial charge on any atom is 0.150 e. The van der Waals surface area contributed by atoms with Crippen LogP contribution in [0.3, 0.4) is 0 Å². The first-order valence-corrected chi connectivity index (χ1v) is 9.96. The summed E-state index contributed by atoms with van der Waals surface area (Å²) in [5, 5.41) is 4.48. The zero-order valence-electron chi connectivity index (χ0n) is 11.7. The molecule has 0 bridgehead atoms. The SMILES string of the molecule is O=S1(=O)CCC(C2(Cc3nc4ccccc4s3)CNC2)C1. The number of benzene rings is 1. The number of hydrogen-bond donors (Lipinski definition) is 1. The molecule has 2 aromatic rings. The minimum absolute atomic E-state index is 0.0947. The predicted octanol–water partition coefficient (Wildman–Crippen LogP) is 1.86. The molecule has 2 aliphatic rings. The Kier molecular flexibility index (Phi) is 3.10. The van der Waals surface area contributed by atoms with Crippen molar-refractivity contribution in [2.45, 2.75) is 12.8 Å². The number of para-hydroxylation sites is 1. The average molecular weight is 322 g/mol. The highest BCUT2D eigenvalue weighted by atomic mass is 32.2. The van der Waals surface area contributed by atoms with E-state index < -0.39 is 9.84 Å². The lowest BCUT2D eigenvalue weighted by Crippen LogP contribution is -2.59. The van der Waals surface area contributed by atoms with Crippen molar-refractivity contribution in [3.8, 4) is 0 Å². The molecule has 0 amide bonds. The van der Waals surface area contributed by atoms with Crippen LogP contribution in [0.15, 0.2) is 24.3 Å². The van der Waals surface area contributed by atoms with Gasteiger partial charge in [0.1, 0.15) is 0 Å². The summed E-state index contributed by atoms with van der Waals surface area (Å²) >= 11 is 1.74. The van der Waals surface area contributed by atoms with Crippen molar-refractivity contribution in [3.63, 3.8) is 0 Å². The standard InChI is InChI=1S/C15H18N2O2S2/c18-21(19)6-5-11(8-21)15(9-16-10-15)7-14-17-12-3-1-2-4-13(12)20-14/h1-4,11,16H,5-10H2. The third-order valence-electron chi connectivity index (χ3n) is 4.89. The fraction of sp³-hybridized carbons (Fsp3) is 0.533. The van der Waals surface area contributed by atoms with E-state index >= 15 is 0 Å². The van der Waals surface area contributed by atoms with Gasteiger partial charge < -0.3 is 5.32 Å². The molecule has 3 heterocycles. The third kappa shape index (κ3) is 2.39. The van der Waals surface area contributed by atoms with Gasteiger partial charge in [-0.1, -0.05) is 12.1 Å². The van der Waals surface area contributed by atoms with Crippen molar-refractivity contribution >= 4 is 31.4 Å². The first-order valence-electron chi connectivity index (χ1n) is 7.32. The molecular formula is C15H18N2O2S2. The topological polar surface area (TPSA) is 59.1 Å². The van der Waals surface area contributed by atoms with Crippen molar-refractivity contribution in [2.75, 3.05) is 24.6 Å². The van der Waals surface area contributed by atoms with Crippen LogP contribution < -0.4 is 5.32 Å². The highest BCUT2D eigenvalue weighted by Crippen LogP contribution is 2.42. The first kappa shape index (κ1) is 13.7. The summed E-state index contributed by atoms with van der Waals surface area (Å²) in [6, 6.07) is 8.19. The second-order valence-corrected chi connectivity index (χ2v) is 9.66. The summed E-state index contributed by atoms with van der Waals surface area (Å²) in [6.45, 7) is 1.84. The Morgan fingerprint density at radius 2 is 2.14 bits per heavy atom. The predicted molar refractivity (Wildman–Crippen MR) is 85.4 cm³/mol. The molecule has 4 rings (SSSR count). The highest BCUT2D eigenvalue weighted by Gasteiger charge is 2.48. The molecule has 2 aliphatic heterocycles. The molecule has 1 aromatic carbocycles. The molecule has 0 radical (unpaired) electrons. The molecule has 0 spiro atoms. The summed E-state index contributed by atoms with van der Waals surface area (Å²) < 4.78 is 24.8. The van der Waals surface area contributed by atoms with Gasteiger partial charge in [0.05, 0.1) is 26.7 Å². The van der Waals surface area contributed by atoms with E-state index in [1.807, 2.05) is 18.2 Å². The lowest BCUT2D eigenvalue weighted by atomic mass is 9.68. The largest absolute Gasteiger partial charge is 0.315 e. The van der Waals surface area contributed by atoms with Crippen LogP contribution in [0, 0.1) is 11.3 Å².